The highest BCUT2D eigenvalue weighted by molar-refractivity contribution is 5.84. The molecule has 1 aromatic carbocycles. The molecular weight excluding hydrogens is 356 g/mol. The molecule has 28 heavy (non-hydrogen) atoms. The molecular formula is C23H23F2N3. The van der Waals surface area contributed by atoms with E-state index in [0.717, 1.165) is 36.2 Å². The van der Waals surface area contributed by atoms with Crippen LogP contribution in [0.2, 0.25) is 0 Å². The van der Waals surface area contributed by atoms with Gasteiger partial charge in [-0.1, -0.05) is 0 Å². The monoisotopic (exact) mass is 379 g/mol. The molecule has 4 heterocycles. The molecule has 3 aromatic rings. The number of halogens is 2. The van der Waals surface area contributed by atoms with E-state index in [-0.39, 0.29) is 0 Å². The van der Waals surface area contributed by atoms with Gasteiger partial charge in [0.05, 0.1) is 5.69 Å². The number of fused-ring (bicyclic) bond motifs is 1. The van der Waals surface area contributed by atoms with Gasteiger partial charge < -0.3 is 9.88 Å². The number of rotatable bonds is 3. The highest BCUT2D eigenvalue weighted by Crippen LogP contribution is 2.43. The smallest absolute Gasteiger partial charge is 0.159 e. The van der Waals surface area contributed by atoms with Crippen molar-refractivity contribution in [2.24, 2.45) is 0 Å². The molecule has 2 aromatic heterocycles. The average molecular weight is 379 g/mol. The molecule has 0 bridgehead atoms. The summed E-state index contributed by atoms with van der Waals surface area (Å²) in [6.45, 7) is 2.36. The molecule has 0 spiro atoms. The summed E-state index contributed by atoms with van der Waals surface area (Å²) in [5.74, 6) is -1.18. The summed E-state index contributed by atoms with van der Waals surface area (Å²) in [5.41, 5.74) is 4.92. The number of aromatic nitrogens is 2. The Morgan fingerprint density at radius 2 is 1.82 bits per heavy atom. The largest absolute Gasteiger partial charge is 0.360 e. The molecule has 1 N–H and O–H groups in total. The zero-order valence-corrected chi connectivity index (χ0v) is 15.7. The number of hydrogen-bond acceptors (Lipinski definition) is 2. The molecule has 2 aliphatic heterocycles. The number of nitrogens with zero attached hydrogens (tertiary/aromatic N) is 2. The van der Waals surface area contributed by atoms with Crippen LogP contribution >= 0.6 is 0 Å². The number of hydrogen-bond donors (Lipinski definition) is 1. The molecule has 2 saturated heterocycles. The maximum atomic E-state index is 13.9. The van der Waals surface area contributed by atoms with E-state index >= 15 is 0 Å². The Hall–Kier alpha value is -2.53. The Morgan fingerprint density at radius 1 is 0.964 bits per heavy atom. The van der Waals surface area contributed by atoms with Gasteiger partial charge in [-0.05, 0) is 86.1 Å². The van der Waals surface area contributed by atoms with Crippen molar-refractivity contribution in [1.29, 1.82) is 0 Å². The van der Waals surface area contributed by atoms with Crippen molar-refractivity contribution in [3.05, 3.63) is 66.1 Å². The van der Waals surface area contributed by atoms with Crippen molar-refractivity contribution in [1.82, 2.24) is 14.9 Å². The lowest BCUT2D eigenvalue weighted by Gasteiger charge is -2.35. The van der Waals surface area contributed by atoms with Crippen molar-refractivity contribution in [2.45, 2.75) is 37.6 Å². The Morgan fingerprint density at radius 3 is 2.64 bits per heavy atom. The fraction of sp³-hybridized carbons (Fsp3) is 0.348. The van der Waals surface area contributed by atoms with Gasteiger partial charge in [-0.2, -0.15) is 0 Å². The predicted octanol–water partition coefficient (Wildman–Crippen LogP) is 5.36. The minimum Gasteiger partial charge on any atom is -0.360 e. The lowest BCUT2D eigenvalue weighted by atomic mass is 9.83. The number of nitrogens with one attached hydrogen (secondary N) is 1. The van der Waals surface area contributed by atoms with Gasteiger partial charge in [0, 0.05) is 35.8 Å². The van der Waals surface area contributed by atoms with Crippen LogP contribution in [0.1, 0.15) is 37.2 Å². The minimum absolute atomic E-state index is 0.470. The summed E-state index contributed by atoms with van der Waals surface area (Å²) < 4.78 is 27.4. The zero-order valence-electron chi connectivity index (χ0n) is 15.7. The fourth-order valence-corrected chi connectivity index (χ4v) is 4.98. The van der Waals surface area contributed by atoms with Crippen molar-refractivity contribution >= 4 is 0 Å². The van der Waals surface area contributed by atoms with Gasteiger partial charge in [-0.15, -0.1) is 0 Å². The van der Waals surface area contributed by atoms with Gasteiger partial charge in [0.25, 0.3) is 0 Å². The third kappa shape index (κ3) is 3.04. The van der Waals surface area contributed by atoms with E-state index in [1.165, 1.54) is 37.1 Å². The molecule has 2 fully saturated rings. The second kappa shape index (κ2) is 7.13. The van der Waals surface area contributed by atoms with Crippen LogP contribution in [-0.4, -0.2) is 34.0 Å². The molecule has 0 radical (unpaired) electrons. The second-order valence-electron chi connectivity index (χ2n) is 7.91. The zero-order chi connectivity index (χ0) is 19.1. The SMILES string of the molecule is Fc1ccc(-c2[nH]cc(C3CCN4CCCC4C3)c2-c2ccncc2)cc1F. The first-order valence-corrected chi connectivity index (χ1v) is 10.0. The molecule has 2 aliphatic rings. The Kier molecular flexibility index (Phi) is 4.47. The van der Waals surface area contributed by atoms with Crippen molar-refractivity contribution in [2.75, 3.05) is 13.1 Å². The summed E-state index contributed by atoms with van der Waals surface area (Å²) in [7, 11) is 0. The molecule has 2 atom stereocenters. The first-order valence-electron chi connectivity index (χ1n) is 10.0. The van der Waals surface area contributed by atoms with Crippen molar-refractivity contribution < 1.29 is 8.78 Å². The normalized spacial score (nSPS) is 22.4. The van der Waals surface area contributed by atoms with Gasteiger partial charge >= 0.3 is 0 Å². The summed E-state index contributed by atoms with van der Waals surface area (Å²) >= 11 is 0. The number of pyridine rings is 1. The number of aromatic amines is 1. The first kappa shape index (κ1) is 17.6. The third-order valence-electron chi connectivity index (χ3n) is 6.35. The summed E-state index contributed by atoms with van der Waals surface area (Å²) in [6, 6.07) is 8.75. The lowest BCUT2D eigenvalue weighted by molar-refractivity contribution is 0.181. The van der Waals surface area contributed by atoms with Gasteiger partial charge in [-0.25, -0.2) is 8.78 Å². The molecule has 0 amide bonds. The van der Waals surface area contributed by atoms with Crippen molar-refractivity contribution in [3.8, 4) is 22.4 Å². The van der Waals surface area contributed by atoms with E-state index in [4.69, 9.17) is 0 Å². The molecule has 0 aliphatic carbocycles. The topological polar surface area (TPSA) is 31.9 Å². The van der Waals surface area contributed by atoms with Gasteiger partial charge in [0.15, 0.2) is 11.6 Å². The van der Waals surface area contributed by atoms with Crippen LogP contribution in [-0.2, 0) is 0 Å². The van der Waals surface area contributed by atoms with E-state index in [1.54, 1.807) is 18.5 Å². The highest BCUT2D eigenvalue weighted by atomic mass is 19.2. The second-order valence-corrected chi connectivity index (χ2v) is 7.91. The van der Waals surface area contributed by atoms with E-state index in [1.807, 2.05) is 12.1 Å². The minimum atomic E-state index is -0.825. The molecule has 2 unspecified atom stereocenters. The quantitative estimate of drug-likeness (QED) is 0.664. The van der Waals surface area contributed by atoms with Crippen LogP contribution in [0.4, 0.5) is 8.78 Å². The first-order chi connectivity index (χ1) is 13.7. The Labute approximate surface area is 163 Å². The van der Waals surface area contributed by atoms with Crippen LogP contribution in [0, 0.1) is 11.6 Å². The van der Waals surface area contributed by atoms with Crippen LogP contribution in [0.3, 0.4) is 0 Å². The third-order valence-corrected chi connectivity index (χ3v) is 6.35. The summed E-state index contributed by atoms with van der Waals surface area (Å²) in [6.07, 6.45) is 10.5. The molecule has 144 valence electrons. The molecule has 5 rings (SSSR count). The van der Waals surface area contributed by atoms with E-state index in [2.05, 4.69) is 21.1 Å². The van der Waals surface area contributed by atoms with Crippen molar-refractivity contribution in [3.63, 3.8) is 0 Å². The number of benzene rings is 1. The lowest BCUT2D eigenvalue weighted by Crippen LogP contribution is -2.37. The van der Waals surface area contributed by atoms with Crippen LogP contribution in [0.5, 0.6) is 0 Å². The average Bonchev–Trinajstić information content (AvgIpc) is 3.37. The maximum Gasteiger partial charge on any atom is 0.159 e. The summed E-state index contributed by atoms with van der Waals surface area (Å²) in [4.78, 5) is 10.1. The molecule has 0 saturated carbocycles. The highest BCUT2D eigenvalue weighted by Gasteiger charge is 2.34. The van der Waals surface area contributed by atoms with E-state index < -0.39 is 11.6 Å². The molecule has 5 heteroatoms. The molecule has 3 nitrogen and oxygen atoms in total. The van der Waals surface area contributed by atoms with Crippen LogP contribution < -0.4 is 0 Å². The number of piperidine rings is 1. The van der Waals surface area contributed by atoms with Gasteiger partial charge in [0.2, 0.25) is 0 Å². The Bertz CT molecular complexity index is 983. The standard InChI is InChI=1S/C23H23F2N3/c24-20-4-3-17(13-21(20)25)23-22(15-5-8-26-9-6-15)19(14-27-23)16-7-11-28-10-1-2-18(28)12-16/h3-6,8-9,13-14,16,18,27H,1-2,7,10-12H2. The fourth-order valence-electron chi connectivity index (χ4n) is 4.98. The Balaban J connectivity index is 1.60. The summed E-state index contributed by atoms with van der Waals surface area (Å²) in [5, 5.41) is 0. The number of H-pyrrole nitrogens is 1. The van der Waals surface area contributed by atoms with Gasteiger partial charge in [0.1, 0.15) is 0 Å². The van der Waals surface area contributed by atoms with Gasteiger partial charge in [-0.3, -0.25) is 4.98 Å². The predicted molar refractivity (Wildman–Crippen MR) is 106 cm³/mol. The maximum absolute atomic E-state index is 13.9. The van der Waals surface area contributed by atoms with E-state index in [0.29, 0.717) is 17.5 Å². The van der Waals surface area contributed by atoms with E-state index in [9.17, 15) is 8.78 Å². The van der Waals surface area contributed by atoms with Crippen LogP contribution in [0.15, 0.2) is 48.9 Å². The van der Waals surface area contributed by atoms with Crippen LogP contribution in [0.25, 0.3) is 22.4 Å².